The highest BCUT2D eigenvalue weighted by molar-refractivity contribution is 7.21. The molecule has 4 aromatic rings. The number of carbonyl (C=O) groups is 1. The third-order valence-corrected chi connectivity index (χ3v) is 7.22. The Labute approximate surface area is 198 Å². The summed E-state index contributed by atoms with van der Waals surface area (Å²) in [6.07, 6.45) is 0. The zero-order valence-corrected chi connectivity index (χ0v) is 19.9. The first-order chi connectivity index (χ1) is 16.0. The summed E-state index contributed by atoms with van der Waals surface area (Å²) in [5.74, 6) is 0.0301. The number of hydrogen-bond acceptors (Lipinski definition) is 5. The van der Waals surface area contributed by atoms with E-state index in [0.29, 0.717) is 6.54 Å². The van der Waals surface area contributed by atoms with Crippen molar-refractivity contribution in [3.63, 3.8) is 0 Å². The van der Waals surface area contributed by atoms with Crippen LogP contribution in [0.2, 0.25) is 0 Å². The summed E-state index contributed by atoms with van der Waals surface area (Å²) >= 11 is 1.70. The number of anilines is 2. The van der Waals surface area contributed by atoms with Crippen LogP contribution in [0, 0.1) is 13.8 Å². The molecule has 0 atom stereocenters. The molecule has 33 heavy (non-hydrogen) atoms. The van der Waals surface area contributed by atoms with Gasteiger partial charge in [-0.15, -0.1) is 11.3 Å². The van der Waals surface area contributed by atoms with E-state index < -0.39 is 0 Å². The minimum Gasteiger partial charge on any atom is -0.369 e. The van der Waals surface area contributed by atoms with Gasteiger partial charge in [0.1, 0.15) is 5.01 Å². The Bertz CT molecular complexity index is 1270. The topological polar surface area (TPSA) is 48.5 Å². The number of fused-ring (bicyclic) bond motifs is 1. The van der Waals surface area contributed by atoms with E-state index in [0.717, 1.165) is 48.0 Å². The molecule has 0 bridgehead atoms. The van der Waals surface area contributed by atoms with Crippen molar-refractivity contribution >= 4 is 38.8 Å². The van der Waals surface area contributed by atoms with Crippen molar-refractivity contribution in [3.05, 3.63) is 77.9 Å². The number of piperazine rings is 1. The van der Waals surface area contributed by atoms with Gasteiger partial charge in [0.15, 0.2) is 0 Å². The lowest BCUT2D eigenvalue weighted by Gasteiger charge is -2.36. The number of aryl methyl sites for hydroxylation is 2. The number of nitrogens with zero attached hydrogens (tertiary/aromatic N) is 3. The number of aromatic nitrogens is 1. The van der Waals surface area contributed by atoms with Gasteiger partial charge in [-0.05, 0) is 67.4 Å². The van der Waals surface area contributed by atoms with Gasteiger partial charge in [0, 0.05) is 43.1 Å². The average Bonchev–Trinajstić information content (AvgIpc) is 3.24. The number of thiazole rings is 1. The van der Waals surface area contributed by atoms with Crippen molar-refractivity contribution in [1.82, 2.24) is 9.88 Å². The van der Waals surface area contributed by atoms with Crippen LogP contribution in [0.3, 0.4) is 0 Å². The third kappa shape index (κ3) is 4.92. The lowest BCUT2D eigenvalue weighted by molar-refractivity contribution is -0.117. The van der Waals surface area contributed by atoms with Gasteiger partial charge >= 0.3 is 0 Å². The van der Waals surface area contributed by atoms with Crippen LogP contribution in [0.25, 0.3) is 20.8 Å². The van der Waals surface area contributed by atoms with E-state index in [1.165, 1.54) is 21.5 Å². The zero-order valence-electron chi connectivity index (χ0n) is 19.0. The number of carbonyl (C=O) groups excluding carboxylic acids is 1. The van der Waals surface area contributed by atoms with Crippen LogP contribution in [0.5, 0.6) is 0 Å². The quantitative estimate of drug-likeness (QED) is 0.440. The molecule has 0 unspecified atom stereocenters. The molecule has 0 saturated carbocycles. The lowest BCUT2D eigenvalue weighted by atomic mass is 10.1. The van der Waals surface area contributed by atoms with E-state index in [1.54, 1.807) is 11.3 Å². The SMILES string of the molecule is Cc1ccc2nc(-c3ccc(NC(=O)CN4CCN(c5ccccc5C)CC4)cc3)sc2c1. The Morgan fingerprint density at radius 1 is 0.970 bits per heavy atom. The summed E-state index contributed by atoms with van der Waals surface area (Å²) in [7, 11) is 0. The van der Waals surface area contributed by atoms with Gasteiger partial charge in [-0.25, -0.2) is 4.98 Å². The number of rotatable bonds is 5. The van der Waals surface area contributed by atoms with E-state index in [-0.39, 0.29) is 5.91 Å². The Balaban J connectivity index is 1.15. The highest BCUT2D eigenvalue weighted by Crippen LogP contribution is 2.31. The monoisotopic (exact) mass is 456 g/mol. The first kappa shape index (κ1) is 21.6. The second kappa shape index (κ2) is 9.33. The van der Waals surface area contributed by atoms with Crippen LogP contribution in [0.4, 0.5) is 11.4 Å². The first-order valence-electron chi connectivity index (χ1n) is 11.4. The molecule has 6 heteroatoms. The number of amides is 1. The molecule has 5 rings (SSSR count). The minimum atomic E-state index is 0.0301. The Morgan fingerprint density at radius 3 is 2.48 bits per heavy atom. The van der Waals surface area contributed by atoms with Crippen molar-refractivity contribution in [2.45, 2.75) is 13.8 Å². The van der Waals surface area contributed by atoms with Crippen LogP contribution in [-0.4, -0.2) is 48.5 Å². The molecule has 0 spiro atoms. The summed E-state index contributed by atoms with van der Waals surface area (Å²) in [5, 5.41) is 4.04. The fraction of sp³-hybridized carbons (Fsp3) is 0.259. The van der Waals surface area contributed by atoms with Crippen molar-refractivity contribution in [2.75, 3.05) is 42.9 Å². The molecule has 1 saturated heterocycles. The van der Waals surface area contributed by atoms with Crippen LogP contribution >= 0.6 is 11.3 Å². The summed E-state index contributed by atoms with van der Waals surface area (Å²) in [6, 6.07) is 22.8. The average molecular weight is 457 g/mol. The normalized spacial score (nSPS) is 14.5. The van der Waals surface area contributed by atoms with E-state index in [4.69, 9.17) is 4.98 Å². The van der Waals surface area contributed by atoms with Gasteiger partial charge in [-0.2, -0.15) is 0 Å². The summed E-state index contributed by atoms with van der Waals surface area (Å²) in [6.45, 7) is 8.32. The van der Waals surface area contributed by atoms with Crippen LogP contribution < -0.4 is 10.2 Å². The van der Waals surface area contributed by atoms with Crippen molar-refractivity contribution in [1.29, 1.82) is 0 Å². The van der Waals surface area contributed by atoms with Gasteiger partial charge in [-0.1, -0.05) is 24.3 Å². The van der Waals surface area contributed by atoms with Gasteiger partial charge in [0.25, 0.3) is 0 Å². The maximum Gasteiger partial charge on any atom is 0.238 e. The first-order valence-corrected chi connectivity index (χ1v) is 12.2. The molecule has 1 aliphatic heterocycles. The number of para-hydroxylation sites is 1. The van der Waals surface area contributed by atoms with Crippen molar-refractivity contribution in [3.8, 4) is 10.6 Å². The fourth-order valence-corrected chi connectivity index (χ4v) is 5.39. The predicted octanol–water partition coefficient (Wildman–Crippen LogP) is 5.34. The van der Waals surface area contributed by atoms with Gasteiger partial charge in [0.05, 0.1) is 16.8 Å². The fourth-order valence-electron chi connectivity index (χ4n) is 4.32. The van der Waals surface area contributed by atoms with Crippen LogP contribution in [0.1, 0.15) is 11.1 Å². The third-order valence-electron chi connectivity index (χ3n) is 6.16. The number of benzene rings is 3. The second-order valence-electron chi connectivity index (χ2n) is 8.67. The highest BCUT2D eigenvalue weighted by atomic mass is 32.1. The maximum atomic E-state index is 12.6. The zero-order chi connectivity index (χ0) is 22.8. The van der Waals surface area contributed by atoms with Crippen LogP contribution in [-0.2, 0) is 4.79 Å². The number of hydrogen-bond donors (Lipinski definition) is 1. The number of nitrogens with one attached hydrogen (secondary N) is 1. The van der Waals surface area contributed by atoms with Gasteiger partial charge in [-0.3, -0.25) is 9.69 Å². The Kier molecular flexibility index (Phi) is 6.11. The molecular weight excluding hydrogens is 428 g/mol. The van der Waals surface area contributed by atoms with Gasteiger partial charge < -0.3 is 10.2 Å². The van der Waals surface area contributed by atoms with E-state index in [1.807, 2.05) is 24.3 Å². The molecule has 2 heterocycles. The van der Waals surface area contributed by atoms with E-state index in [2.05, 4.69) is 71.4 Å². The molecule has 1 aromatic heterocycles. The van der Waals surface area contributed by atoms with Gasteiger partial charge in [0.2, 0.25) is 5.91 Å². The minimum absolute atomic E-state index is 0.0301. The molecule has 0 aliphatic carbocycles. The molecule has 1 N–H and O–H groups in total. The Morgan fingerprint density at radius 2 is 1.73 bits per heavy atom. The summed E-state index contributed by atoms with van der Waals surface area (Å²) < 4.78 is 1.20. The molecule has 1 fully saturated rings. The highest BCUT2D eigenvalue weighted by Gasteiger charge is 2.20. The molecule has 1 amide bonds. The Hall–Kier alpha value is -3.22. The van der Waals surface area contributed by atoms with Crippen molar-refractivity contribution < 1.29 is 4.79 Å². The smallest absolute Gasteiger partial charge is 0.238 e. The standard InChI is InChI=1S/C27H28N4OS/c1-19-7-12-23-25(17-19)33-27(29-23)21-8-10-22(11-9-21)28-26(32)18-30-13-15-31(16-14-30)24-6-4-3-5-20(24)2/h3-12,17H,13-16,18H2,1-2H3,(H,28,32). The molecule has 3 aromatic carbocycles. The lowest BCUT2D eigenvalue weighted by Crippen LogP contribution is -2.48. The largest absolute Gasteiger partial charge is 0.369 e. The molecule has 0 radical (unpaired) electrons. The predicted molar refractivity (Wildman–Crippen MR) is 138 cm³/mol. The van der Waals surface area contributed by atoms with Crippen molar-refractivity contribution in [2.24, 2.45) is 0 Å². The maximum absolute atomic E-state index is 12.6. The molecule has 1 aliphatic rings. The van der Waals surface area contributed by atoms with E-state index >= 15 is 0 Å². The summed E-state index contributed by atoms with van der Waals surface area (Å²) in [4.78, 5) is 22.0. The second-order valence-corrected chi connectivity index (χ2v) is 9.70. The molecule has 168 valence electrons. The molecule has 5 nitrogen and oxygen atoms in total. The molecular formula is C27H28N4OS. The van der Waals surface area contributed by atoms with E-state index in [9.17, 15) is 4.79 Å². The van der Waals surface area contributed by atoms with Crippen LogP contribution in [0.15, 0.2) is 66.7 Å². The summed E-state index contributed by atoms with van der Waals surface area (Å²) in [5.41, 5.74) is 6.75.